The fraction of sp³-hybridized carbons (Fsp3) is 0.120. The van der Waals surface area contributed by atoms with Crippen molar-refractivity contribution in [1.82, 2.24) is 10.3 Å². The third-order valence-electron chi connectivity index (χ3n) is 5.06. The summed E-state index contributed by atoms with van der Waals surface area (Å²) in [7, 11) is 1.49. The molecule has 2 aromatic carbocycles. The Morgan fingerprint density at radius 2 is 1.85 bits per heavy atom. The van der Waals surface area contributed by atoms with Crippen LogP contribution >= 0.6 is 15.9 Å². The van der Waals surface area contributed by atoms with Gasteiger partial charge in [0, 0.05) is 12.4 Å². The number of hydrogen-bond donors (Lipinski definition) is 1. The van der Waals surface area contributed by atoms with Crippen LogP contribution in [0.4, 0.5) is 10.5 Å². The monoisotopic (exact) mass is 521 g/mol. The zero-order chi connectivity index (χ0) is 24.2. The molecule has 0 bridgehead atoms. The van der Waals surface area contributed by atoms with Gasteiger partial charge in [0.1, 0.15) is 12.2 Å². The maximum absolute atomic E-state index is 13.1. The fourth-order valence-corrected chi connectivity index (χ4v) is 4.00. The van der Waals surface area contributed by atoms with Gasteiger partial charge in [0.25, 0.3) is 11.8 Å². The summed E-state index contributed by atoms with van der Waals surface area (Å²) < 4.78 is 12.0. The molecular formula is C25H20BrN3O5. The molecule has 34 heavy (non-hydrogen) atoms. The third-order valence-corrected chi connectivity index (χ3v) is 5.65. The molecular weight excluding hydrogens is 502 g/mol. The van der Waals surface area contributed by atoms with E-state index in [1.165, 1.54) is 13.2 Å². The molecule has 1 fully saturated rings. The summed E-state index contributed by atoms with van der Waals surface area (Å²) in [4.78, 5) is 43.0. The van der Waals surface area contributed by atoms with Gasteiger partial charge in [-0.3, -0.25) is 19.9 Å². The highest BCUT2D eigenvalue weighted by Gasteiger charge is 2.36. The fourth-order valence-electron chi connectivity index (χ4n) is 3.42. The van der Waals surface area contributed by atoms with Gasteiger partial charge in [0.15, 0.2) is 11.5 Å². The lowest BCUT2D eigenvalue weighted by molar-refractivity contribution is -0.122. The average Bonchev–Trinajstić information content (AvgIpc) is 2.81. The first-order valence-electron chi connectivity index (χ1n) is 10.2. The number of aromatic nitrogens is 1. The van der Waals surface area contributed by atoms with Gasteiger partial charge in [0.05, 0.1) is 17.3 Å². The first kappa shape index (κ1) is 23.2. The van der Waals surface area contributed by atoms with Crippen LogP contribution in [0.3, 0.4) is 0 Å². The van der Waals surface area contributed by atoms with Crippen molar-refractivity contribution in [2.75, 3.05) is 12.0 Å². The molecule has 3 aromatic rings. The molecule has 2 heterocycles. The Morgan fingerprint density at radius 1 is 1.09 bits per heavy atom. The Labute approximate surface area is 204 Å². The zero-order valence-electron chi connectivity index (χ0n) is 18.4. The highest BCUT2D eigenvalue weighted by molar-refractivity contribution is 9.10. The number of methoxy groups -OCH3 is 1. The molecule has 0 aliphatic carbocycles. The number of pyridine rings is 1. The number of anilines is 1. The van der Waals surface area contributed by atoms with Gasteiger partial charge in [-0.25, -0.2) is 9.69 Å². The number of hydrogen-bond acceptors (Lipinski definition) is 6. The second kappa shape index (κ2) is 9.88. The molecule has 1 saturated heterocycles. The second-order valence-corrected chi connectivity index (χ2v) is 8.33. The van der Waals surface area contributed by atoms with Crippen LogP contribution in [0, 0.1) is 6.92 Å². The first-order valence-corrected chi connectivity index (χ1v) is 11.0. The van der Waals surface area contributed by atoms with E-state index in [0.717, 1.165) is 16.0 Å². The van der Waals surface area contributed by atoms with Gasteiger partial charge in [-0.15, -0.1) is 0 Å². The molecule has 4 rings (SSSR count). The maximum atomic E-state index is 13.1. The molecule has 172 valence electrons. The normalized spacial score (nSPS) is 14.9. The smallest absolute Gasteiger partial charge is 0.335 e. The van der Waals surface area contributed by atoms with E-state index >= 15 is 0 Å². The Balaban J connectivity index is 1.65. The third kappa shape index (κ3) is 4.84. The van der Waals surface area contributed by atoms with Gasteiger partial charge >= 0.3 is 6.03 Å². The Kier molecular flexibility index (Phi) is 6.74. The number of aryl methyl sites for hydroxylation is 1. The van der Waals surface area contributed by atoms with Crippen molar-refractivity contribution in [1.29, 1.82) is 0 Å². The lowest BCUT2D eigenvalue weighted by atomic mass is 10.1. The summed E-state index contributed by atoms with van der Waals surface area (Å²) in [5.41, 5.74) is 2.51. The van der Waals surface area contributed by atoms with Crippen molar-refractivity contribution in [3.8, 4) is 11.5 Å². The van der Waals surface area contributed by atoms with E-state index in [0.29, 0.717) is 33.8 Å². The molecule has 9 heteroatoms. The standard InChI is InChI=1S/C25H20BrN3O5/c1-15-4-3-5-18(10-15)29-24(31)19(23(30)28-25(29)32)11-17-12-20(26)22(21(13-17)33-2)34-14-16-6-8-27-9-7-16/h3-13H,14H2,1-2H3,(H,28,30,32)/b19-11+. The van der Waals surface area contributed by atoms with E-state index in [-0.39, 0.29) is 5.57 Å². The predicted octanol–water partition coefficient (Wildman–Crippen LogP) is 4.41. The summed E-state index contributed by atoms with van der Waals surface area (Å²) in [5.74, 6) is -0.609. The highest BCUT2D eigenvalue weighted by atomic mass is 79.9. The van der Waals surface area contributed by atoms with Crippen LogP contribution in [0.1, 0.15) is 16.7 Å². The molecule has 8 nitrogen and oxygen atoms in total. The quantitative estimate of drug-likeness (QED) is 0.381. The van der Waals surface area contributed by atoms with Crippen LogP contribution < -0.4 is 19.7 Å². The van der Waals surface area contributed by atoms with Crippen LogP contribution in [0.25, 0.3) is 6.08 Å². The minimum absolute atomic E-state index is 0.180. The number of carbonyl (C=O) groups excluding carboxylic acids is 3. The van der Waals surface area contributed by atoms with Crippen LogP contribution in [0.2, 0.25) is 0 Å². The lowest BCUT2D eigenvalue weighted by Crippen LogP contribution is -2.54. The van der Waals surface area contributed by atoms with Gasteiger partial charge in [-0.1, -0.05) is 12.1 Å². The number of rotatable bonds is 6. The summed E-state index contributed by atoms with van der Waals surface area (Å²) in [6, 6.07) is 13.1. The van der Waals surface area contributed by atoms with Crippen LogP contribution in [0.15, 0.2) is 71.0 Å². The van der Waals surface area contributed by atoms with Crippen molar-refractivity contribution in [3.63, 3.8) is 0 Å². The van der Waals surface area contributed by atoms with E-state index in [1.807, 2.05) is 25.1 Å². The number of barbiturate groups is 1. The summed E-state index contributed by atoms with van der Waals surface area (Å²) >= 11 is 3.48. The summed E-state index contributed by atoms with van der Waals surface area (Å²) in [6.45, 7) is 2.15. The van der Waals surface area contributed by atoms with Crippen LogP contribution in [-0.4, -0.2) is 29.9 Å². The minimum Gasteiger partial charge on any atom is -0.493 e. The Morgan fingerprint density at radius 3 is 2.56 bits per heavy atom. The van der Waals surface area contributed by atoms with Gasteiger partial charge in [0.2, 0.25) is 0 Å². The highest BCUT2D eigenvalue weighted by Crippen LogP contribution is 2.38. The van der Waals surface area contributed by atoms with Crippen molar-refractivity contribution in [2.45, 2.75) is 13.5 Å². The number of halogens is 1. The van der Waals surface area contributed by atoms with E-state index in [2.05, 4.69) is 26.2 Å². The molecule has 1 N–H and O–H groups in total. The maximum Gasteiger partial charge on any atom is 0.335 e. The lowest BCUT2D eigenvalue weighted by Gasteiger charge is -2.26. The largest absolute Gasteiger partial charge is 0.493 e. The van der Waals surface area contributed by atoms with Crippen molar-refractivity contribution >= 4 is 45.5 Å². The SMILES string of the molecule is COc1cc(/C=C2\C(=O)NC(=O)N(c3cccc(C)c3)C2=O)cc(Br)c1OCc1ccncc1. The molecule has 0 radical (unpaired) electrons. The van der Waals surface area contributed by atoms with Crippen LogP contribution in [-0.2, 0) is 16.2 Å². The van der Waals surface area contributed by atoms with E-state index in [4.69, 9.17) is 9.47 Å². The summed E-state index contributed by atoms with van der Waals surface area (Å²) in [6.07, 6.45) is 4.77. The molecule has 1 aliphatic rings. The van der Waals surface area contributed by atoms with E-state index in [9.17, 15) is 14.4 Å². The molecule has 0 spiro atoms. The Hall–Kier alpha value is -3.98. The van der Waals surface area contributed by atoms with Gasteiger partial charge in [-0.2, -0.15) is 0 Å². The number of carbonyl (C=O) groups is 3. The topological polar surface area (TPSA) is 97.8 Å². The zero-order valence-corrected chi connectivity index (χ0v) is 20.0. The molecule has 0 unspecified atom stereocenters. The first-order chi connectivity index (χ1) is 16.4. The number of nitrogens with one attached hydrogen (secondary N) is 1. The van der Waals surface area contributed by atoms with E-state index < -0.39 is 17.8 Å². The number of urea groups is 1. The Bertz CT molecular complexity index is 1310. The summed E-state index contributed by atoms with van der Waals surface area (Å²) in [5, 5.41) is 2.23. The second-order valence-electron chi connectivity index (χ2n) is 7.48. The van der Waals surface area contributed by atoms with Gasteiger partial charge < -0.3 is 9.47 Å². The molecule has 4 amide bonds. The average molecular weight is 522 g/mol. The number of imide groups is 2. The minimum atomic E-state index is -0.795. The van der Waals surface area contributed by atoms with Crippen molar-refractivity contribution in [2.24, 2.45) is 0 Å². The van der Waals surface area contributed by atoms with E-state index in [1.54, 1.807) is 42.7 Å². The molecule has 1 aliphatic heterocycles. The number of nitrogens with zero attached hydrogens (tertiary/aromatic N) is 2. The number of benzene rings is 2. The number of ether oxygens (including phenoxy) is 2. The number of amides is 4. The van der Waals surface area contributed by atoms with Crippen molar-refractivity contribution in [3.05, 3.63) is 87.7 Å². The van der Waals surface area contributed by atoms with Crippen molar-refractivity contribution < 1.29 is 23.9 Å². The van der Waals surface area contributed by atoms with Crippen LogP contribution in [0.5, 0.6) is 11.5 Å². The van der Waals surface area contributed by atoms with Gasteiger partial charge in [-0.05, 0) is 82.0 Å². The molecule has 0 atom stereocenters. The molecule has 0 saturated carbocycles. The predicted molar refractivity (Wildman–Crippen MR) is 129 cm³/mol. The molecule has 1 aromatic heterocycles.